The third-order valence-electron chi connectivity index (χ3n) is 3.26. The lowest BCUT2D eigenvalue weighted by Gasteiger charge is -2.16. The molecule has 1 aromatic heterocycles. The van der Waals surface area contributed by atoms with E-state index in [4.69, 9.17) is 0 Å². The lowest BCUT2D eigenvalue weighted by Crippen LogP contribution is -2.27. The van der Waals surface area contributed by atoms with Gasteiger partial charge in [-0.3, -0.25) is 4.79 Å². The first-order chi connectivity index (χ1) is 9.74. The summed E-state index contributed by atoms with van der Waals surface area (Å²) in [6.07, 6.45) is 3.76. The first-order valence-electron chi connectivity index (χ1n) is 6.66. The molecule has 2 aromatic rings. The Labute approximate surface area is 117 Å². The highest BCUT2D eigenvalue weighted by molar-refractivity contribution is 6.04. The molecule has 5 heteroatoms. The van der Waals surface area contributed by atoms with Crippen molar-refractivity contribution < 1.29 is 4.79 Å². The molecular formula is C15H16N4O. The Morgan fingerprint density at radius 1 is 1.25 bits per heavy atom. The zero-order chi connectivity index (χ0) is 13.9. The number of benzene rings is 1. The van der Waals surface area contributed by atoms with Gasteiger partial charge in [0.1, 0.15) is 17.8 Å². The topological polar surface area (TPSA) is 58.1 Å². The molecule has 1 aliphatic rings. The van der Waals surface area contributed by atoms with Crippen LogP contribution in [0, 0.1) is 0 Å². The third kappa shape index (κ3) is 2.77. The van der Waals surface area contributed by atoms with Crippen LogP contribution in [0.1, 0.15) is 23.3 Å². The monoisotopic (exact) mass is 268 g/mol. The molecular weight excluding hydrogens is 252 g/mol. The Bertz CT molecular complexity index is 610. The molecule has 0 spiro atoms. The van der Waals surface area contributed by atoms with E-state index < -0.39 is 0 Å². The molecule has 102 valence electrons. The highest BCUT2D eigenvalue weighted by Gasteiger charge is 2.22. The number of anilines is 2. The minimum absolute atomic E-state index is 0.141. The molecule has 1 aliphatic carbocycles. The molecule has 0 saturated heterocycles. The van der Waals surface area contributed by atoms with Gasteiger partial charge >= 0.3 is 0 Å². The summed E-state index contributed by atoms with van der Waals surface area (Å²) < 4.78 is 0. The highest BCUT2D eigenvalue weighted by Crippen LogP contribution is 2.23. The lowest BCUT2D eigenvalue weighted by atomic mass is 10.2. The molecule has 3 rings (SSSR count). The Kier molecular flexibility index (Phi) is 3.33. The largest absolute Gasteiger partial charge is 0.367 e. The summed E-state index contributed by atoms with van der Waals surface area (Å²) in [5, 5.41) is 3.27. The SMILES string of the molecule is CN(C(=O)c1cc(NC2CC2)ncn1)c1ccccc1. The van der Waals surface area contributed by atoms with Crippen LogP contribution >= 0.6 is 0 Å². The number of nitrogens with zero attached hydrogens (tertiary/aromatic N) is 3. The Balaban J connectivity index is 1.79. The fraction of sp³-hybridized carbons (Fsp3) is 0.267. The number of aromatic nitrogens is 2. The number of para-hydroxylation sites is 1. The zero-order valence-electron chi connectivity index (χ0n) is 11.3. The van der Waals surface area contributed by atoms with Crippen molar-refractivity contribution in [2.24, 2.45) is 0 Å². The Morgan fingerprint density at radius 2 is 2.00 bits per heavy atom. The quantitative estimate of drug-likeness (QED) is 0.924. The molecule has 0 aliphatic heterocycles. The second-order valence-electron chi connectivity index (χ2n) is 4.91. The van der Waals surface area contributed by atoms with Crippen LogP contribution in [0.25, 0.3) is 0 Å². The first kappa shape index (κ1) is 12.6. The second kappa shape index (κ2) is 5.28. The smallest absolute Gasteiger partial charge is 0.276 e. The molecule has 0 unspecified atom stereocenters. The molecule has 0 radical (unpaired) electrons. The fourth-order valence-corrected chi connectivity index (χ4v) is 1.93. The van der Waals surface area contributed by atoms with E-state index in [9.17, 15) is 4.79 Å². The van der Waals surface area contributed by atoms with E-state index >= 15 is 0 Å². The molecule has 1 heterocycles. The van der Waals surface area contributed by atoms with Crippen LogP contribution in [-0.4, -0.2) is 29.0 Å². The van der Waals surface area contributed by atoms with Crippen LogP contribution in [0.15, 0.2) is 42.7 Å². The summed E-state index contributed by atoms with van der Waals surface area (Å²) in [4.78, 5) is 22.2. The van der Waals surface area contributed by atoms with Crippen molar-refractivity contribution in [2.75, 3.05) is 17.3 Å². The van der Waals surface area contributed by atoms with E-state index in [0.717, 1.165) is 18.5 Å². The maximum atomic E-state index is 12.4. The molecule has 1 amide bonds. The van der Waals surface area contributed by atoms with E-state index in [1.165, 1.54) is 6.33 Å². The highest BCUT2D eigenvalue weighted by atomic mass is 16.2. The van der Waals surface area contributed by atoms with Crippen molar-refractivity contribution in [2.45, 2.75) is 18.9 Å². The third-order valence-corrected chi connectivity index (χ3v) is 3.26. The first-order valence-corrected chi connectivity index (χ1v) is 6.66. The molecule has 1 fully saturated rings. The summed E-state index contributed by atoms with van der Waals surface area (Å²) in [6, 6.07) is 11.7. The summed E-state index contributed by atoms with van der Waals surface area (Å²) >= 11 is 0. The van der Waals surface area contributed by atoms with Gasteiger partial charge in [-0.2, -0.15) is 0 Å². The maximum Gasteiger partial charge on any atom is 0.276 e. The fourth-order valence-electron chi connectivity index (χ4n) is 1.93. The van der Waals surface area contributed by atoms with Gasteiger partial charge in [0.05, 0.1) is 0 Å². The molecule has 5 nitrogen and oxygen atoms in total. The molecule has 20 heavy (non-hydrogen) atoms. The number of nitrogens with one attached hydrogen (secondary N) is 1. The van der Waals surface area contributed by atoms with Gasteiger partial charge in [0.15, 0.2) is 0 Å². The Hall–Kier alpha value is -2.43. The zero-order valence-corrected chi connectivity index (χ0v) is 11.3. The van der Waals surface area contributed by atoms with Gasteiger partial charge in [0.2, 0.25) is 0 Å². The van der Waals surface area contributed by atoms with E-state index in [1.54, 1.807) is 18.0 Å². The predicted molar refractivity (Wildman–Crippen MR) is 77.9 cm³/mol. The normalized spacial score (nSPS) is 13.8. The van der Waals surface area contributed by atoms with Crippen molar-refractivity contribution in [3.05, 3.63) is 48.4 Å². The molecule has 0 bridgehead atoms. The van der Waals surface area contributed by atoms with Crippen LogP contribution < -0.4 is 10.2 Å². The minimum atomic E-state index is -0.141. The van der Waals surface area contributed by atoms with Gasteiger partial charge in [-0.05, 0) is 25.0 Å². The number of carbonyl (C=O) groups is 1. The van der Waals surface area contributed by atoms with Gasteiger partial charge in [-0.15, -0.1) is 0 Å². The van der Waals surface area contributed by atoms with Crippen molar-refractivity contribution >= 4 is 17.4 Å². The molecule has 1 aromatic carbocycles. The summed E-state index contributed by atoms with van der Waals surface area (Å²) in [6.45, 7) is 0. The standard InChI is InChI=1S/C15H16N4O/c1-19(12-5-3-2-4-6-12)15(20)13-9-14(17-10-16-13)18-11-7-8-11/h2-6,9-11H,7-8H2,1H3,(H,16,17,18). The summed E-state index contributed by atoms with van der Waals surface area (Å²) in [5.41, 5.74) is 1.24. The second-order valence-corrected chi connectivity index (χ2v) is 4.91. The number of hydrogen-bond acceptors (Lipinski definition) is 4. The van der Waals surface area contributed by atoms with Gasteiger partial charge in [-0.25, -0.2) is 9.97 Å². The van der Waals surface area contributed by atoms with E-state index in [-0.39, 0.29) is 5.91 Å². The van der Waals surface area contributed by atoms with E-state index in [2.05, 4.69) is 15.3 Å². The molecule has 1 N–H and O–H groups in total. The van der Waals surface area contributed by atoms with Gasteiger partial charge in [-0.1, -0.05) is 18.2 Å². The average molecular weight is 268 g/mol. The summed E-state index contributed by atoms with van der Waals surface area (Å²) in [7, 11) is 1.74. The van der Waals surface area contributed by atoms with Crippen LogP contribution in [-0.2, 0) is 0 Å². The van der Waals surface area contributed by atoms with Gasteiger partial charge in [0.25, 0.3) is 5.91 Å². The number of carbonyl (C=O) groups excluding carboxylic acids is 1. The average Bonchev–Trinajstić information content (AvgIpc) is 3.31. The number of hydrogen-bond donors (Lipinski definition) is 1. The number of rotatable bonds is 4. The lowest BCUT2D eigenvalue weighted by molar-refractivity contribution is 0.0988. The van der Waals surface area contributed by atoms with Crippen LogP contribution in [0.3, 0.4) is 0 Å². The molecule has 1 saturated carbocycles. The van der Waals surface area contributed by atoms with Crippen LogP contribution in [0.5, 0.6) is 0 Å². The van der Waals surface area contributed by atoms with E-state index in [0.29, 0.717) is 17.6 Å². The maximum absolute atomic E-state index is 12.4. The van der Waals surface area contributed by atoms with Crippen LogP contribution in [0.4, 0.5) is 11.5 Å². The van der Waals surface area contributed by atoms with Crippen molar-refractivity contribution in [1.82, 2.24) is 9.97 Å². The molecule has 0 atom stereocenters. The Morgan fingerprint density at radius 3 is 2.70 bits per heavy atom. The van der Waals surface area contributed by atoms with E-state index in [1.807, 2.05) is 30.3 Å². The van der Waals surface area contributed by atoms with Crippen molar-refractivity contribution in [1.29, 1.82) is 0 Å². The van der Waals surface area contributed by atoms with Gasteiger partial charge in [0, 0.05) is 24.8 Å². The number of amides is 1. The minimum Gasteiger partial charge on any atom is -0.367 e. The van der Waals surface area contributed by atoms with Crippen molar-refractivity contribution in [3.63, 3.8) is 0 Å². The predicted octanol–water partition coefficient (Wildman–Crippen LogP) is 2.33. The summed E-state index contributed by atoms with van der Waals surface area (Å²) in [5.74, 6) is 0.574. The van der Waals surface area contributed by atoms with Crippen molar-refractivity contribution in [3.8, 4) is 0 Å². The van der Waals surface area contributed by atoms with Gasteiger partial charge < -0.3 is 10.2 Å². The van der Waals surface area contributed by atoms with Crippen LogP contribution in [0.2, 0.25) is 0 Å².